The Morgan fingerprint density at radius 3 is 1.25 bits per heavy atom. The van der Waals surface area contributed by atoms with E-state index in [1.807, 2.05) is 69.2 Å². The van der Waals surface area contributed by atoms with Gasteiger partial charge in [0, 0.05) is 77.8 Å². The summed E-state index contributed by atoms with van der Waals surface area (Å²) in [5.41, 5.74) is 9.92. The average Bonchev–Trinajstić information content (AvgIpc) is 3.15. The molecular formula is C49H108N4O10. The molecule has 2 heterocycles. The van der Waals surface area contributed by atoms with Crippen LogP contribution in [0, 0.1) is 0 Å². The van der Waals surface area contributed by atoms with Gasteiger partial charge in [0.1, 0.15) is 0 Å². The smallest absolute Gasteiger partial charge is 0.219 e. The highest BCUT2D eigenvalue weighted by molar-refractivity contribution is 5.73. The van der Waals surface area contributed by atoms with Crippen molar-refractivity contribution in [2.24, 2.45) is 11.5 Å². The molecule has 2 saturated heterocycles. The molecule has 0 aliphatic carbocycles. The zero-order valence-corrected chi connectivity index (χ0v) is 44.1. The van der Waals surface area contributed by atoms with Gasteiger partial charge in [-0.3, -0.25) is 9.69 Å². The maximum absolute atomic E-state index is 10.1. The lowest BCUT2D eigenvalue weighted by molar-refractivity contribution is -0.119. The Labute approximate surface area is 389 Å². The summed E-state index contributed by atoms with van der Waals surface area (Å²) in [4.78, 5) is 15.1. The molecule has 6 N–H and O–H groups in total. The van der Waals surface area contributed by atoms with Gasteiger partial charge in [-0.1, -0.05) is 6.42 Å². The fourth-order valence-electron chi connectivity index (χ4n) is 5.10. The van der Waals surface area contributed by atoms with Gasteiger partial charge in [0.15, 0.2) is 0 Å². The maximum Gasteiger partial charge on any atom is 0.219 e. The minimum absolute atomic E-state index is 0.0884. The van der Waals surface area contributed by atoms with E-state index >= 15 is 0 Å². The van der Waals surface area contributed by atoms with E-state index in [4.69, 9.17) is 49.7 Å². The highest BCUT2D eigenvalue weighted by atomic mass is 16.5. The lowest BCUT2D eigenvalue weighted by Gasteiger charge is -2.26. The number of piperidine rings is 1. The minimum atomic E-state index is -0.588. The normalized spacial score (nSPS) is 14.9. The summed E-state index contributed by atoms with van der Waals surface area (Å²) in [6.07, 6.45) is 11.1. The summed E-state index contributed by atoms with van der Waals surface area (Å²) in [6, 6.07) is 0. The predicted molar refractivity (Wildman–Crippen MR) is 263 cm³/mol. The van der Waals surface area contributed by atoms with E-state index < -0.39 is 5.60 Å². The summed E-state index contributed by atoms with van der Waals surface area (Å²) in [5, 5.41) is 17.5. The van der Waals surface area contributed by atoms with Crippen molar-refractivity contribution in [1.29, 1.82) is 0 Å². The maximum atomic E-state index is 10.1. The van der Waals surface area contributed by atoms with Crippen LogP contribution in [0.5, 0.6) is 0 Å². The molecule has 2 aliphatic rings. The number of morpholine rings is 1. The number of primary amides is 1. The fourth-order valence-corrected chi connectivity index (χ4v) is 5.10. The van der Waals surface area contributed by atoms with Gasteiger partial charge < -0.3 is 59.7 Å². The Bertz CT molecular complexity index is 863. The predicted octanol–water partition coefficient (Wildman–Crippen LogP) is 7.61. The number of hydrogen-bond acceptors (Lipinski definition) is 13. The molecule has 2 aliphatic heterocycles. The van der Waals surface area contributed by atoms with Crippen molar-refractivity contribution in [1.82, 2.24) is 9.80 Å². The van der Waals surface area contributed by atoms with Crippen molar-refractivity contribution < 1.29 is 48.2 Å². The number of rotatable bonds is 26. The molecule has 0 atom stereocenters. The second-order valence-electron chi connectivity index (χ2n) is 19.2. The van der Waals surface area contributed by atoms with Gasteiger partial charge in [0.05, 0.1) is 62.0 Å². The first kappa shape index (κ1) is 68.6. The summed E-state index contributed by atoms with van der Waals surface area (Å²) in [6.45, 7) is 45.3. The first-order valence-corrected chi connectivity index (χ1v) is 24.4. The number of amides is 1. The zero-order chi connectivity index (χ0) is 49.1. The quantitative estimate of drug-likeness (QED) is 0.0624. The van der Waals surface area contributed by atoms with Crippen LogP contribution in [-0.2, 0) is 38.0 Å². The number of nitrogens with zero attached hydrogens (tertiary/aromatic N) is 2. The van der Waals surface area contributed by atoms with Crippen LogP contribution in [0.4, 0.5) is 0 Å². The van der Waals surface area contributed by atoms with E-state index in [1.165, 1.54) is 45.3 Å². The summed E-state index contributed by atoms with van der Waals surface area (Å²) >= 11 is 0. The van der Waals surface area contributed by atoms with Crippen molar-refractivity contribution in [3.05, 3.63) is 0 Å². The number of aliphatic hydroxyl groups excluding tert-OH is 1. The van der Waals surface area contributed by atoms with Gasteiger partial charge in [-0.05, 0) is 169 Å². The van der Waals surface area contributed by atoms with Gasteiger partial charge in [-0.25, -0.2) is 0 Å². The minimum Gasteiger partial charge on any atom is -0.396 e. The van der Waals surface area contributed by atoms with Crippen LogP contribution in [0.2, 0.25) is 0 Å². The number of carbonyl (C=O) groups excluding carboxylic acids is 1. The summed E-state index contributed by atoms with van der Waals surface area (Å²) in [7, 11) is 0. The van der Waals surface area contributed by atoms with Gasteiger partial charge in [0.2, 0.25) is 5.91 Å². The Hall–Kier alpha value is -1.01. The Balaban J connectivity index is -0.000000335. The molecule has 14 heteroatoms. The van der Waals surface area contributed by atoms with Crippen LogP contribution in [0.3, 0.4) is 0 Å². The SMILES string of the molecule is CC(C)OCCC(C)(C)N.CC(C)OCCC(C)(C)O.CC(C)OCCC(N)=O.CC(C)OCCCN1CCCCC1.CC(C)OCCCN1CCOCC1.CC(C)OCCCO. The number of likely N-dealkylation sites (tertiary alicyclic amines) is 1. The van der Waals surface area contributed by atoms with Crippen molar-refractivity contribution in [3.63, 3.8) is 0 Å². The molecule has 0 bridgehead atoms. The van der Waals surface area contributed by atoms with Gasteiger partial charge in [-0.2, -0.15) is 0 Å². The lowest BCUT2D eigenvalue weighted by atomic mass is 10.0. The number of ether oxygens (including phenoxy) is 7. The second-order valence-corrected chi connectivity index (χ2v) is 19.2. The van der Waals surface area contributed by atoms with Crippen LogP contribution < -0.4 is 11.5 Å². The third-order valence-electron chi connectivity index (χ3n) is 8.61. The van der Waals surface area contributed by atoms with Crippen LogP contribution in [0.15, 0.2) is 0 Å². The van der Waals surface area contributed by atoms with Crippen LogP contribution in [0.25, 0.3) is 0 Å². The van der Waals surface area contributed by atoms with Crippen molar-refractivity contribution in [3.8, 4) is 0 Å². The number of aliphatic hydroxyl groups is 2. The van der Waals surface area contributed by atoms with Gasteiger partial charge >= 0.3 is 0 Å². The first-order chi connectivity index (χ1) is 29.3. The molecule has 0 radical (unpaired) electrons. The van der Waals surface area contributed by atoms with Crippen LogP contribution in [-0.4, -0.2) is 172 Å². The molecule has 0 spiro atoms. The molecule has 2 fully saturated rings. The highest BCUT2D eigenvalue weighted by Crippen LogP contribution is 2.09. The second kappa shape index (κ2) is 46.1. The van der Waals surface area contributed by atoms with Gasteiger partial charge in [-0.15, -0.1) is 0 Å². The third kappa shape index (κ3) is 72.8. The van der Waals surface area contributed by atoms with E-state index in [9.17, 15) is 9.90 Å². The summed E-state index contributed by atoms with van der Waals surface area (Å²) in [5.74, 6) is -0.310. The molecule has 0 aromatic carbocycles. The Morgan fingerprint density at radius 2 is 0.905 bits per heavy atom. The number of hydrogen-bond donors (Lipinski definition) is 4. The van der Waals surface area contributed by atoms with Crippen molar-refractivity contribution >= 4 is 5.91 Å². The molecule has 0 aromatic rings. The lowest BCUT2D eigenvalue weighted by Crippen LogP contribution is -2.37. The first-order valence-electron chi connectivity index (χ1n) is 24.4. The standard InChI is InChI=1S/C11H23NO.C10H21NO2.C8H19NO.C8H18O2.C6H13NO2.C6H14O2/c1-11(2)13-10-6-9-12-7-4-3-5-8-12;1-10(2)13-7-3-4-11-5-8-12-9-6-11;2*1-7(2)10-6-5-8(3,4)9;1-5(2)9-4-3-6(7)8;1-6(2)8-5-3-4-7/h11H,3-10H2,1-2H3;10H,3-9H2,1-2H3;7H,5-6,9H2,1-4H3;7,9H,5-6H2,1-4H3;5H,3-4H2,1-2H3,(H2,7,8);6-7H,3-5H2,1-2H3. The highest BCUT2D eigenvalue weighted by Gasteiger charge is 2.13. The third-order valence-corrected chi connectivity index (χ3v) is 8.61. The van der Waals surface area contributed by atoms with E-state index in [2.05, 4.69) is 37.5 Å². The van der Waals surface area contributed by atoms with E-state index in [0.29, 0.717) is 57.1 Å². The monoisotopic (exact) mass is 913 g/mol. The van der Waals surface area contributed by atoms with Crippen LogP contribution in [0.1, 0.15) is 169 Å². The molecule has 14 nitrogen and oxygen atoms in total. The van der Waals surface area contributed by atoms with Crippen molar-refractivity contribution in [2.45, 2.75) is 216 Å². The molecule has 0 saturated carbocycles. The summed E-state index contributed by atoms with van der Waals surface area (Å²) < 4.78 is 37.0. The average molecular weight is 913 g/mol. The molecule has 0 unspecified atom stereocenters. The number of nitrogens with two attached hydrogens (primary N) is 2. The fraction of sp³-hybridized carbons (Fsp3) is 0.980. The topological polar surface area (TPSA) is 181 Å². The van der Waals surface area contributed by atoms with E-state index in [-0.39, 0.29) is 30.3 Å². The molecule has 384 valence electrons. The van der Waals surface area contributed by atoms with Crippen molar-refractivity contribution in [2.75, 3.05) is 98.7 Å². The molecular weight excluding hydrogens is 805 g/mol. The zero-order valence-electron chi connectivity index (χ0n) is 44.1. The molecule has 0 aromatic heterocycles. The van der Waals surface area contributed by atoms with Crippen LogP contribution >= 0.6 is 0 Å². The molecule has 1 amide bonds. The van der Waals surface area contributed by atoms with E-state index in [1.54, 1.807) is 13.8 Å². The Kier molecular flexibility index (Phi) is 50.2. The molecule has 63 heavy (non-hydrogen) atoms. The van der Waals surface area contributed by atoms with Gasteiger partial charge in [0.25, 0.3) is 0 Å². The number of carbonyl (C=O) groups is 1. The largest absolute Gasteiger partial charge is 0.396 e. The Morgan fingerprint density at radius 1 is 0.556 bits per heavy atom. The molecule has 2 rings (SSSR count). The van der Waals surface area contributed by atoms with E-state index in [0.717, 1.165) is 71.9 Å².